The summed E-state index contributed by atoms with van der Waals surface area (Å²) in [5, 5.41) is 44.2. The van der Waals surface area contributed by atoms with Gasteiger partial charge in [0.2, 0.25) is 12.2 Å². The first kappa shape index (κ1) is 24.3. The van der Waals surface area contributed by atoms with E-state index in [0.29, 0.717) is 5.56 Å². The van der Waals surface area contributed by atoms with Crippen LogP contribution in [0.3, 0.4) is 0 Å². The number of H-pyrrole nitrogens is 1. The van der Waals surface area contributed by atoms with Crippen LogP contribution in [0, 0.1) is 0 Å². The highest BCUT2D eigenvalue weighted by molar-refractivity contribution is 7.99. The summed E-state index contributed by atoms with van der Waals surface area (Å²) in [5.74, 6) is -1.40. The van der Waals surface area contributed by atoms with Crippen molar-refractivity contribution < 1.29 is 47.9 Å². The molecule has 0 bridgehead atoms. The third-order valence-electron chi connectivity index (χ3n) is 4.77. The first-order valence-corrected chi connectivity index (χ1v) is 10.5. The van der Waals surface area contributed by atoms with Crippen molar-refractivity contribution in [2.75, 3.05) is 5.75 Å². The van der Waals surface area contributed by atoms with Gasteiger partial charge < -0.3 is 29.9 Å². The maximum atomic E-state index is 13.5. The Morgan fingerprint density at radius 1 is 1.19 bits per heavy atom. The van der Waals surface area contributed by atoms with E-state index in [1.165, 1.54) is 0 Å². The highest BCUT2D eigenvalue weighted by Crippen LogP contribution is 2.37. The van der Waals surface area contributed by atoms with Gasteiger partial charge in [-0.2, -0.15) is 13.2 Å². The average molecular weight is 478 g/mol. The second kappa shape index (κ2) is 9.67. The normalized spacial score (nSPS) is 26.2. The van der Waals surface area contributed by atoms with E-state index in [0.717, 1.165) is 10.6 Å². The molecular weight excluding hydrogens is 457 g/mol. The maximum Gasteiger partial charge on any atom is 0.433 e. The van der Waals surface area contributed by atoms with Gasteiger partial charge in [0.25, 0.3) is 0 Å². The van der Waals surface area contributed by atoms with Crippen LogP contribution in [0.15, 0.2) is 29.2 Å². The van der Waals surface area contributed by atoms with Crippen LogP contribution in [-0.4, -0.2) is 73.1 Å². The number of rotatable bonds is 7. The number of carbonyl (C=O) groups is 1. The van der Waals surface area contributed by atoms with Gasteiger partial charge in [-0.25, -0.2) is 4.79 Å². The molecule has 1 saturated heterocycles. The number of aromatic amines is 1. The van der Waals surface area contributed by atoms with Gasteiger partial charge in [0, 0.05) is 11.3 Å². The zero-order chi connectivity index (χ0) is 23.6. The van der Waals surface area contributed by atoms with Crippen molar-refractivity contribution >= 4 is 17.7 Å². The number of halogens is 3. The van der Waals surface area contributed by atoms with Gasteiger partial charge in [-0.15, -0.1) is 16.9 Å². The molecule has 5 N–H and O–H groups in total. The molecule has 0 aliphatic carbocycles. The predicted molar refractivity (Wildman–Crippen MR) is 104 cm³/mol. The van der Waals surface area contributed by atoms with Crippen LogP contribution in [0.1, 0.15) is 23.7 Å². The molecule has 1 aliphatic heterocycles. The monoisotopic (exact) mass is 478 g/mol. The minimum Gasteiger partial charge on any atom is -0.479 e. The third kappa shape index (κ3) is 5.18. The fourth-order valence-electron chi connectivity index (χ4n) is 3.18. The van der Waals surface area contributed by atoms with Crippen molar-refractivity contribution in [2.24, 2.45) is 0 Å². The maximum absolute atomic E-state index is 13.5. The molecule has 2 aromatic rings. The van der Waals surface area contributed by atoms with Crippen LogP contribution in [0.5, 0.6) is 5.88 Å². The lowest BCUT2D eigenvalue weighted by molar-refractivity contribution is -0.271. The van der Waals surface area contributed by atoms with Crippen molar-refractivity contribution in [2.45, 2.75) is 55.1 Å². The number of aliphatic carboxylic acids is 1. The number of ether oxygens (including phenoxy) is 2. The molecule has 3 rings (SSSR count). The standard InChI is InChI=1S/C19H21F3N2O7S/c1-2-32-9-5-3-8(4-6-9)7-10-15(19(20,21)22)23-24-16(10)31-18-13(27)11(25)12(26)14(30-18)17(28)29/h3-6,11-14,18,25-27H,2,7H2,1H3,(H,23,24)(H,28,29)/t11-,12-,13+,14-,18-/m0/s1. The number of benzene rings is 1. The van der Waals surface area contributed by atoms with Gasteiger partial charge in [0.15, 0.2) is 6.10 Å². The van der Waals surface area contributed by atoms with Gasteiger partial charge in [-0.05, 0) is 23.4 Å². The number of thioether (sulfide) groups is 1. The van der Waals surface area contributed by atoms with Crippen LogP contribution in [-0.2, 0) is 22.1 Å². The zero-order valence-corrected chi connectivity index (χ0v) is 17.4. The first-order chi connectivity index (χ1) is 15.0. The van der Waals surface area contributed by atoms with E-state index in [4.69, 9.17) is 14.6 Å². The Balaban J connectivity index is 1.89. The minimum atomic E-state index is -4.80. The molecule has 1 aromatic carbocycles. The van der Waals surface area contributed by atoms with Gasteiger partial charge >= 0.3 is 12.1 Å². The van der Waals surface area contributed by atoms with E-state index >= 15 is 0 Å². The van der Waals surface area contributed by atoms with Crippen molar-refractivity contribution in [1.29, 1.82) is 0 Å². The number of aromatic nitrogens is 2. The summed E-state index contributed by atoms with van der Waals surface area (Å²) >= 11 is 1.57. The summed E-state index contributed by atoms with van der Waals surface area (Å²) in [6.45, 7) is 1.97. The van der Waals surface area contributed by atoms with E-state index in [1.807, 2.05) is 12.0 Å². The number of carboxylic acid groups (broad SMARTS) is 1. The summed E-state index contributed by atoms with van der Waals surface area (Å²) in [6.07, 6.45) is -14.8. The molecule has 0 amide bonds. The van der Waals surface area contributed by atoms with E-state index in [-0.39, 0.29) is 6.42 Å². The Morgan fingerprint density at radius 2 is 1.84 bits per heavy atom. The largest absolute Gasteiger partial charge is 0.479 e. The summed E-state index contributed by atoms with van der Waals surface area (Å²) < 4.78 is 50.7. The second-order valence-corrected chi connectivity index (χ2v) is 8.32. The van der Waals surface area contributed by atoms with E-state index in [2.05, 4.69) is 5.10 Å². The van der Waals surface area contributed by atoms with Crippen molar-refractivity contribution in [3.05, 3.63) is 41.1 Å². The third-order valence-corrected chi connectivity index (χ3v) is 5.66. The molecule has 1 aliphatic rings. The molecule has 0 radical (unpaired) electrons. The molecule has 1 aromatic heterocycles. The lowest BCUT2D eigenvalue weighted by Crippen LogP contribution is -2.61. The number of aliphatic hydroxyl groups is 3. The molecular formula is C19H21F3N2O7S. The van der Waals surface area contributed by atoms with Crippen molar-refractivity contribution in [3.8, 4) is 5.88 Å². The smallest absolute Gasteiger partial charge is 0.433 e. The quantitative estimate of drug-likeness (QED) is 0.373. The van der Waals surface area contributed by atoms with Crippen molar-refractivity contribution in [1.82, 2.24) is 10.2 Å². The summed E-state index contributed by atoms with van der Waals surface area (Å²) in [6, 6.07) is 6.84. The lowest BCUT2D eigenvalue weighted by atomic mass is 9.99. The molecule has 13 heteroatoms. The van der Waals surface area contributed by atoms with Gasteiger partial charge in [0.05, 0.1) is 5.56 Å². The number of hydrogen-bond acceptors (Lipinski definition) is 8. The predicted octanol–water partition coefficient (Wildman–Crippen LogP) is 1.40. The first-order valence-electron chi connectivity index (χ1n) is 9.48. The van der Waals surface area contributed by atoms with Crippen LogP contribution in [0.2, 0.25) is 0 Å². The minimum absolute atomic E-state index is 0.242. The summed E-state index contributed by atoms with van der Waals surface area (Å²) in [5.41, 5.74) is -1.05. The molecule has 176 valence electrons. The van der Waals surface area contributed by atoms with Crippen LogP contribution in [0.25, 0.3) is 0 Å². The van der Waals surface area contributed by atoms with Crippen LogP contribution < -0.4 is 4.74 Å². The molecule has 32 heavy (non-hydrogen) atoms. The van der Waals surface area contributed by atoms with Crippen LogP contribution >= 0.6 is 11.8 Å². The highest BCUT2D eigenvalue weighted by Gasteiger charge is 2.49. The average Bonchev–Trinajstić information content (AvgIpc) is 3.12. The molecule has 0 spiro atoms. The Morgan fingerprint density at radius 3 is 2.41 bits per heavy atom. The summed E-state index contributed by atoms with van der Waals surface area (Å²) in [4.78, 5) is 12.2. The fourth-order valence-corrected chi connectivity index (χ4v) is 3.84. The molecule has 2 heterocycles. The van der Waals surface area contributed by atoms with Gasteiger partial charge in [0.1, 0.15) is 24.0 Å². The van der Waals surface area contributed by atoms with E-state index < -0.39 is 60.0 Å². The molecule has 1 fully saturated rings. The van der Waals surface area contributed by atoms with E-state index in [9.17, 15) is 33.3 Å². The Labute approximate surface area is 184 Å². The topological polar surface area (TPSA) is 145 Å². The Bertz CT molecular complexity index is 938. The number of nitrogens with one attached hydrogen (secondary N) is 1. The number of nitrogens with zero attached hydrogens (tertiary/aromatic N) is 1. The van der Waals surface area contributed by atoms with Crippen LogP contribution in [0.4, 0.5) is 13.2 Å². The fraction of sp³-hybridized carbons (Fsp3) is 0.474. The highest BCUT2D eigenvalue weighted by atomic mass is 32.2. The molecule has 5 atom stereocenters. The zero-order valence-electron chi connectivity index (χ0n) is 16.6. The second-order valence-electron chi connectivity index (χ2n) is 6.99. The summed E-state index contributed by atoms with van der Waals surface area (Å²) in [7, 11) is 0. The molecule has 0 unspecified atom stereocenters. The number of hydrogen-bond donors (Lipinski definition) is 5. The number of aliphatic hydroxyl groups excluding tert-OH is 3. The van der Waals surface area contributed by atoms with Gasteiger partial charge in [-0.3, -0.25) is 5.10 Å². The van der Waals surface area contributed by atoms with E-state index in [1.54, 1.807) is 36.0 Å². The Kier molecular flexibility index (Phi) is 7.35. The number of carboxylic acids is 1. The molecule has 9 nitrogen and oxygen atoms in total. The molecule has 0 saturated carbocycles. The van der Waals surface area contributed by atoms with Crippen molar-refractivity contribution in [3.63, 3.8) is 0 Å². The lowest BCUT2D eigenvalue weighted by Gasteiger charge is -2.38. The Hall–Kier alpha value is -2.32. The van der Waals surface area contributed by atoms with Gasteiger partial charge in [-0.1, -0.05) is 19.1 Å². The SMILES string of the molecule is CCSc1ccc(Cc2c(O[C@@H]3O[C@H](C(=O)O)[C@@H](O)[C@H](O)[C@H]3O)n[nH]c2C(F)(F)F)cc1. The number of alkyl halides is 3.